The second-order valence-corrected chi connectivity index (χ2v) is 10.3. The van der Waals surface area contributed by atoms with Crippen molar-refractivity contribution in [1.29, 1.82) is 0 Å². The van der Waals surface area contributed by atoms with E-state index in [1.807, 2.05) is 0 Å². The molecule has 3 rings (SSSR count). The molecule has 0 bridgehead atoms. The van der Waals surface area contributed by atoms with E-state index in [1.54, 1.807) is 0 Å². The molecule has 1 aromatic heterocycles. The lowest BCUT2D eigenvalue weighted by Gasteiger charge is -2.53. The number of nitrogens with two attached hydrogens (primary N) is 1. The van der Waals surface area contributed by atoms with Gasteiger partial charge in [-0.15, -0.1) is 0 Å². The molecule has 1 atom stereocenters. The first-order valence-electron chi connectivity index (χ1n) is 9.21. The first-order valence-corrected chi connectivity index (χ1v) is 10.9. The molecule has 0 aliphatic carbocycles. The second-order valence-electron chi connectivity index (χ2n) is 7.64. The molecule has 0 spiro atoms. The van der Waals surface area contributed by atoms with Crippen molar-refractivity contribution in [2.45, 2.75) is 30.6 Å². The number of hydrogen-bond donors (Lipinski definition) is 4. The number of aromatic nitrogens is 2. The summed E-state index contributed by atoms with van der Waals surface area (Å²) in [7, 11) is -2.36. The van der Waals surface area contributed by atoms with Crippen molar-refractivity contribution in [1.82, 2.24) is 9.97 Å². The lowest BCUT2D eigenvalue weighted by molar-refractivity contribution is 0.0608. The third kappa shape index (κ3) is 3.98. The largest absolute Gasteiger partial charge is 0.480 e. The number of rotatable bonds is 5. The molecular weight excluding hydrogens is 451 g/mol. The topological polar surface area (TPSA) is 143 Å². The van der Waals surface area contributed by atoms with Crippen LogP contribution in [0.15, 0.2) is 35.6 Å². The molecule has 1 aliphatic heterocycles. The molecule has 5 N–H and O–H groups in total. The van der Waals surface area contributed by atoms with Gasteiger partial charge in [0.15, 0.2) is 5.54 Å². The van der Waals surface area contributed by atoms with E-state index in [2.05, 4.69) is 20.3 Å². The van der Waals surface area contributed by atoms with Gasteiger partial charge in [-0.25, -0.2) is 23.1 Å². The summed E-state index contributed by atoms with van der Waals surface area (Å²) in [4.78, 5) is 24.0. The van der Waals surface area contributed by atoms with Gasteiger partial charge in [0.05, 0.1) is 25.3 Å². The number of carbonyl (C=O) groups excluding carboxylic acids is 1. The molecule has 0 fully saturated rings. The van der Waals surface area contributed by atoms with E-state index in [9.17, 15) is 27.1 Å². The average molecular weight is 473 g/mol. The van der Waals surface area contributed by atoms with Gasteiger partial charge < -0.3 is 15.8 Å². The van der Waals surface area contributed by atoms with E-state index < -0.39 is 56.2 Å². The van der Waals surface area contributed by atoms with Crippen molar-refractivity contribution in [2.24, 2.45) is 10.7 Å². The Morgan fingerprint density at radius 3 is 2.50 bits per heavy atom. The van der Waals surface area contributed by atoms with Crippen molar-refractivity contribution < 1.29 is 31.8 Å². The van der Waals surface area contributed by atoms with E-state index in [0.29, 0.717) is 0 Å². The van der Waals surface area contributed by atoms with E-state index in [4.69, 9.17) is 10.5 Å². The zero-order valence-electron chi connectivity index (χ0n) is 17.3. The zero-order chi connectivity index (χ0) is 23.9. The Kier molecular flexibility index (Phi) is 6.10. The number of nitrogens with one attached hydrogen (secondary N) is 1. The summed E-state index contributed by atoms with van der Waals surface area (Å²) in [5.74, 6) is -3.01. The van der Waals surface area contributed by atoms with Gasteiger partial charge in [-0.3, -0.25) is 18.9 Å². The van der Waals surface area contributed by atoms with Crippen molar-refractivity contribution in [2.75, 3.05) is 18.2 Å². The standard InChI is InChI=1S/C19H22F3N5O4S/c1-18(2)17(23)27-19(16(21)22,9-32(18,29)30)11-6-10(4-5-12(11)20)26-15(28)13-7-25-14(31-3)8-24-13/h4-8,16,29-30H,9H2,1-3H3,(H2,23,27)(H,26,28). The molecule has 32 heavy (non-hydrogen) atoms. The minimum atomic E-state index is -3.73. The minimum absolute atomic E-state index is 0.0425. The lowest BCUT2D eigenvalue weighted by Crippen LogP contribution is -2.55. The number of anilines is 1. The van der Waals surface area contributed by atoms with Crippen LogP contribution in [0.25, 0.3) is 0 Å². The Bertz CT molecular complexity index is 1070. The summed E-state index contributed by atoms with van der Waals surface area (Å²) >= 11 is 0. The van der Waals surface area contributed by atoms with Gasteiger partial charge in [0.2, 0.25) is 5.88 Å². The quantitative estimate of drug-likeness (QED) is 0.522. The first kappa shape index (κ1) is 23.8. The van der Waals surface area contributed by atoms with Crippen LogP contribution in [0.3, 0.4) is 0 Å². The first-order chi connectivity index (χ1) is 14.8. The highest BCUT2D eigenvalue weighted by molar-refractivity contribution is 8.26. The molecule has 2 aromatic rings. The highest BCUT2D eigenvalue weighted by Crippen LogP contribution is 2.60. The minimum Gasteiger partial charge on any atom is -0.480 e. The Hall–Kier alpha value is -2.90. The number of benzene rings is 1. The SMILES string of the molecule is COc1cnc(C(=O)Nc2ccc(F)c(C3(C(F)F)CS(O)(O)C(C)(C)C(N)=N3)c2)cn1. The molecule has 174 valence electrons. The van der Waals surface area contributed by atoms with Gasteiger partial charge in [-0.05, 0) is 32.0 Å². The fourth-order valence-electron chi connectivity index (χ4n) is 3.07. The molecular formula is C19H22F3N5O4S. The Labute approximate surface area is 183 Å². The van der Waals surface area contributed by atoms with Crippen molar-refractivity contribution >= 4 is 28.0 Å². The molecule has 1 aromatic carbocycles. The second kappa shape index (κ2) is 8.22. The maximum atomic E-state index is 14.7. The maximum Gasteiger partial charge on any atom is 0.275 e. The van der Waals surface area contributed by atoms with Crippen molar-refractivity contribution in [3.8, 4) is 5.88 Å². The van der Waals surface area contributed by atoms with Gasteiger partial charge >= 0.3 is 0 Å². The van der Waals surface area contributed by atoms with Gasteiger partial charge in [0, 0.05) is 11.3 Å². The van der Waals surface area contributed by atoms with E-state index >= 15 is 0 Å². The molecule has 0 radical (unpaired) electrons. The van der Waals surface area contributed by atoms with Crippen LogP contribution in [0.5, 0.6) is 5.88 Å². The van der Waals surface area contributed by atoms with Crippen LogP contribution >= 0.6 is 10.6 Å². The Balaban J connectivity index is 2.03. The molecule has 0 saturated carbocycles. The number of alkyl halides is 2. The molecule has 1 aliphatic rings. The summed E-state index contributed by atoms with van der Waals surface area (Å²) in [6.45, 7) is 2.72. The zero-order valence-corrected chi connectivity index (χ0v) is 18.2. The van der Waals surface area contributed by atoms with Crippen molar-refractivity contribution in [3.05, 3.63) is 47.7 Å². The summed E-state index contributed by atoms with van der Waals surface area (Å²) in [5.41, 5.74) is 2.38. The summed E-state index contributed by atoms with van der Waals surface area (Å²) in [6.07, 6.45) is -0.970. The average Bonchev–Trinajstić information content (AvgIpc) is 2.73. The predicted molar refractivity (Wildman–Crippen MR) is 114 cm³/mol. The van der Waals surface area contributed by atoms with Crippen LogP contribution in [0.2, 0.25) is 0 Å². The Morgan fingerprint density at radius 2 is 1.97 bits per heavy atom. The highest BCUT2D eigenvalue weighted by Gasteiger charge is 2.56. The van der Waals surface area contributed by atoms with E-state index in [1.165, 1.54) is 27.2 Å². The number of halogens is 3. The highest BCUT2D eigenvalue weighted by atomic mass is 32.3. The van der Waals surface area contributed by atoms with Crippen LogP contribution in [-0.2, 0) is 5.54 Å². The number of hydrogen-bond acceptors (Lipinski definition) is 8. The van der Waals surface area contributed by atoms with Gasteiger partial charge in [-0.2, -0.15) is 10.6 Å². The number of nitrogens with zero attached hydrogens (tertiary/aromatic N) is 3. The lowest BCUT2D eigenvalue weighted by atomic mass is 9.91. The maximum absolute atomic E-state index is 14.7. The van der Waals surface area contributed by atoms with Crippen LogP contribution in [0, 0.1) is 5.82 Å². The molecule has 13 heteroatoms. The van der Waals surface area contributed by atoms with Crippen LogP contribution in [0.1, 0.15) is 29.9 Å². The summed E-state index contributed by atoms with van der Waals surface area (Å²) < 4.78 is 67.8. The fraction of sp³-hybridized carbons (Fsp3) is 0.368. The molecule has 2 heterocycles. The normalized spacial score (nSPS) is 22.7. The van der Waals surface area contributed by atoms with Gasteiger partial charge in [0.1, 0.15) is 22.1 Å². The van der Waals surface area contributed by atoms with Gasteiger partial charge in [0.25, 0.3) is 12.3 Å². The smallest absolute Gasteiger partial charge is 0.275 e. The van der Waals surface area contributed by atoms with Crippen molar-refractivity contribution in [3.63, 3.8) is 0 Å². The number of methoxy groups -OCH3 is 1. The summed E-state index contributed by atoms with van der Waals surface area (Å²) in [6, 6.07) is 2.98. The van der Waals surface area contributed by atoms with Crippen LogP contribution in [-0.4, -0.2) is 54.9 Å². The third-order valence-electron chi connectivity index (χ3n) is 5.30. The number of ether oxygens (including phenoxy) is 1. The monoisotopic (exact) mass is 473 g/mol. The third-order valence-corrected chi connectivity index (χ3v) is 7.98. The van der Waals surface area contributed by atoms with E-state index in [0.717, 1.165) is 24.4 Å². The van der Waals surface area contributed by atoms with Crippen LogP contribution in [0.4, 0.5) is 18.9 Å². The molecule has 1 unspecified atom stereocenters. The predicted octanol–water partition coefficient (Wildman–Crippen LogP) is 3.24. The molecule has 1 amide bonds. The number of amides is 1. The Morgan fingerprint density at radius 1 is 1.28 bits per heavy atom. The molecule has 0 saturated heterocycles. The fourth-order valence-corrected chi connectivity index (χ4v) is 4.77. The number of carbonyl (C=O) groups is 1. The van der Waals surface area contributed by atoms with Gasteiger partial charge in [-0.1, -0.05) is 0 Å². The molecule has 9 nitrogen and oxygen atoms in total. The van der Waals surface area contributed by atoms with Crippen LogP contribution < -0.4 is 15.8 Å². The summed E-state index contributed by atoms with van der Waals surface area (Å²) in [5, 5.41) is 2.42. The number of aliphatic imine (C=N–C) groups is 1. The number of amidine groups is 1. The van der Waals surface area contributed by atoms with E-state index in [-0.39, 0.29) is 17.3 Å².